The van der Waals surface area contributed by atoms with Crippen molar-refractivity contribution in [2.24, 2.45) is 0 Å². The Labute approximate surface area is 114 Å². The largest absolute Gasteiger partial charge is 0.372 e. The van der Waals surface area contributed by atoms with Gasteiger partial charge in [-0.25, -0.2) is 14.9 Å². The molecule has 0 saturated heterocycles. The molecule has 0 fully saturated rings. The van der Waals surface area contributed by atoms with Gasteiger partial charge < -0.3 is 5.32 Å². The van der Waals surface area contributed by atoms with Crippen molar-refractivity contribution in [2.75, 3.05) is 12.4 Å². The maximum atomic E-state index is 11.5. The van der Waals surface area contributed by atoms with Crippen molar-refractivity contribution < 1.29 is 0 Å². The average Bonchev–Trinajstić information content (AvgIpc) is 2.79. The van der Waals surface area contributed by atoms with Gasteiger partial charge in [-0.3, -0.25) is 9.55 Å². The molecule has 2 heterocycles. The van der Waals surface area contributed by atoms with Crippen LogP contribution in [0.4, 0.5) is 5.82 Å². The number of rotatable bonds is 6. The van der Waals surface area contributed by atoms with Crippen LogP contribution in [0.15, 0.2) is 22.3 Å². The number of thioether (sulfide) groups is 1. The van der Waals surface area contributed by atoms with E-state index in [0.717, 1.165) is 17.9 Å². The van der Waals surface area contributed by atoms with Crippen LogP contribution in [0.1, 0.15) is 19.0 Å². The van der Waals surface area contributed by atoms with Crippen LogP contribution in [0.3, 0.4) is 0 Å². The molecule has 0 unspecified atom stereocenters. The van der Waals surface area contributed by atoms with E-state index in [1.165, 1.54) is 11.8 Å². The molecule has 0 radical (unpaired) electrons. The second-order valence-electron chi connectivity index (χ2n) is 3.89. The van der Waals surface area contributed by atoms with Crippen molar-refractivity contribution in [3.05, 3.63) is 28.6 Å². The Morgan fingerprint density at radius 2 is 2.26 bits per heavy atom. The number of nitrogens with zero attached hydrogens (tertiary/aromatic N) is 4. The number of hydrogen-bond donors (Lipinski definition) is 2. The first-order valence-corrected chi connectivity index (χ1v) is 6.99. The fraction of sp³-hybridized carbons (Fsp3) is 0.455. The molecule has 19 heavy (non-hydrogen) atoms. The minimum Gasteiger partial charge on any atom is -0.372 e. The van der Waals surface area contributed by atoms with Crippen LogP contribution in [-0.4, -0.2) is 31.8 Å². The summed E-state index contributed by atoms with van der Waals surface area (Å²) in [6.45, 7) is 2.69. The van der Waals surface area contributed by atoms with Gasteiger partial charge in [0.1, 0.15) is 5.82 Å². The average molecular weight is 280 g/mol. The lowest BCUT2D eigenvalue weighted by Gasteiger charge is -2.03. The van der Waals surface area contributed by atoms with Gasteiger partial charge >= 0.3 is 5.69 Å². The third kappa shape index (κ3) is 3.34. The molecule has 102 valence electrons. The number of aromatic amines is 1. The van der Waals surface area contributed by atoms with Crippen molar-refractivity contribution in [2.45, 2.75) is 30.8 Å². The molecular formula is C11H16N6OS. The Kier molecular flexibility index (Phi) is 4.56. The van der Waals surface area contributed by atoms with Gasteiger partial charge in [0.15, 0.2) is 5.16 Å². The molecule has 0 saturated carbocycles. The van der Waals surface area contributed by atoms with E-state index in [9.17, 15) is 4.79 Å². The van der Waals surface area contributed by atoms with Gasteiger partial charge in [-0.05, 0) is 6.42 Å². The number of aromatic nitrogens is 5. The first-order chi connectivity index (χ1) is 9.24. The quantitative estimate of drug-likeness (QED) is 0.770. The predicted octanol–water partition coefficient (Wildman–Crippen LogP) is 1.11. The van der Waals surface area contributed by atoms with E-state index < -0.39 is 0 Å². The summed E-state index contributed by atoms with van der Waals surface area (Å²) in [5.74, 6) is 1.36. The number of H-pyrrole nitrogens is 1. The minimum absolute atomic E-state index is 0.166. The van der Waals surface area contributed by atoms with E-state index in [0.29, 0.717) is 17.5 Å². The van der Waals surface area contributed by atoms with Crippen molar-refractivity contribution in [3.8, 4) is 0 Å². The standard InChI is InChI=1S/C11H16N6OS/c1-3-4-17-10(18)15-16-11(17)19-7-8-5-14-9(12-2)6-13-8/h5-6H,3-4,7H2,1-2H3,(H,12,14)(H,15,18). The lowest BCUT2D eigenvalue weighted by atomic mass is 10.5. The first kappa shape index (κ1) is 13.6. The van der Waals surface area contributed by atoms with E-state index in [1.54, 1.807) is 24.0 Å². The molecule has 0 aliphatic carbocycles. The van der Waals surface area contributed by atoms with Gasteiger partial charge in [-0.2, -0.15) is 0 Å². The van der Waals surface area contributed by atoms with Crippen molar-refractivity contribution in [1.82, 2.24) is 24.7 Å². The summed E-state index contributed by atoms with van der Waals surface area (Å²) in [4.78, 5) is 20.0. The highest BCUT2D eigenvalue weighted by Gasteiger charge is 2.08. The molecule has 8 heteroatoms. The summed E-state index contributed by atoms with van der Waals surface area (Å²) >= 11 is 1.47. The summed E-state index contributed by atoms with van der Waals surface area (Å²) < 4.78 is 1.64. The molecule has 2 rings (SSSR count). The monoisotopic (exact) mass is 280 g/mol. The zero-order valence-corrected chi connectivity index (χ0v) is 11.7. The SMILES string of the molecule is CCCn1c(SCc2cnc(NC)cn2)n[nH]c1=O. The highest BCUT2D eigenvalue weighted by molar-refractivity contribution is 7.98. The zero-order chi connectivity index (χ0) is 13.7. The lowest BCUT2D eigenvalue weighted by Crippen LogP contribution is -2.17. The van der Waals surface area contributed by atoms with Gasteiger partial charge in [-0.15, -0.1) is 5.10 Å². The molecule has 0 bridgehead atoms. The van der Waals surface area contributed by atoms with E-state index in [2.05, 4.69) is 25.5 Å². The Morgan fingerprint density at radius 3 is 2.89 bits per heavy atom. The summed E-state index contributed by atoms with van der Waals surface area (Å²) in [5.41, 5.74) is 0.684. The van der Waals surface area contributed by atoms with Crippen LogP contribution < -0.4 is 11.0 Å². The lowest BCUT2D eigenvalue weighted by molar-refractivity contribution is 0.603. The Bertz CT molecular complexity index is 576. The van der Waals surface area contributed by atoms with Gasteiger partial charge in [0, 0.05) is 19.3 Å². The molecule has 2 N–H and O–H groups in total. The highest BCUT2D eigenvalue weighted by Crippen LogP contribution is 2.18. The van der Waals surface area contributed by atoms with Crippen molar-refractivity contribution in [3.63, 3.8) is 0 Å². The zero-order valence-electron chi connectivity index (χ0n) is 10.9. The second kappa shape index (κ2) is 6.37. The molecule has 0 atom stereocenters. The summed E-state index contributed by atoms with van der Waals surface area (Å²) in [6, 6.07) is 0. The number of nitrogens with one attached hydrogen (secondary N) is 2. The van der Waals surface area contributed by atoms with E-state index in [-0.39, 0.29) is 5.69 Å². The maximum Gasteiger partial charge on any atom is 0.343 e. The fourth-order valence-electron chi connectivity index (χ4n) is 1.53. The topological polar surface area (TPSA) is 88.5 Å². The van der Waals surface area contributed by atoms with Gasteiger partial charge in [0.2, 0.25) is 0 Å². The summed E-state index contributed by atoms with van der Waals surface area (Å²) in [7, 11) is 1.80. The summed E-state index contributed by atoms with van der Waals surface area (Å²) in [6.07, 6.45) is 4.29. The summed E-state index contributed by atoms with van der Waals surface area (Å²) in [5, 5.41) is 10.1. The van der Waals surface area contributed by atoms with Gasteiger partial charge in [0.05, 0.1) is 18.1 Å². The van der Waals surface area contributed by atoms with E-state index in [4.69, 9.17) is 0 Å². The van der Waals surface area contributed by atoms with Crippen LogP contribution in [0, 0.1) is 0 Å². The molecule has 0 spiro atoms. The van der Waals surface area contributed by atoms with Crippen LogP contribution in [-0.2, 0) is 12.3 Å². The minimum atomic E-state index is -0.166. The van der Waals surface area contributed by atoms with Crippen LogP contribution in [0.25, 0.3) is 0 Å². The molecule has 7 nitrogen and oxygen atoms in total. The molecule has 0 aliphatic heterocycles. The Morgan fingerprint density at radius 1 is 1.42 bits per heavy atom. The van der Waals surface area contributed by atoms with E-state index in [1.807, 2.05) is 6.92 Å². The van der Waals surface area contributed by atoms with Gasteiger partial charge in [0.25, 0.3) is 0 Å². The third-order valence-corrected chi connectivity index (χ3v) is 3.49. The normalized spacial score (nSPS) is 10.6. The van der Waals surface area contributed by atoms with Crippen LogP contribution in [0.5, 0.6) is 0 Å². The molecule has 0 aliphatic rings. The first-order valence-electron chi connectivity index (χ1n) is 6.01. The maximum absolute atomic E-state index is 11.5. The molecule has 2 aromatic heterocycles. The smallest absolute Gasteiger partial charge is 0.343 e. The number of hydrogen-bond acceptors (Lipinski definition) is 6. The third-order valence-electron chi connectivity index (χ3n) is 2.48. The van der Waals surface area contributed by atoms with Crippen LogP contribution >= 0.6 is 11.8 Å². The van der Waals surface area contributed by atoms with Crippen molar-refractivity contribution >= 4 is 17.6 Å². The van der Waals surface area contributed by atoms with Crippen molar-refractivity contribution in [1.29, 1.82) is 0 Å². The molecular weight excluding hydrogens is 264 g/mol. The van der Waals surface area contributed by atoms with E-state index >= 15 is 0 Å². The second-order valence-corrected chi connectivity index (χ2v) is 4.84. The Hall–Kier alpha value is -1.83. The Balaban J connectivity index is 2.03. The van der Waals surface area contributed by atoms with Crippen LogP contribution in [0.2, 0.25) is 0 Å². The van der Waals surface area contributed by atoms with Gasteiger partial charge in [-0.1, -0.05) is 18.7 Å². The highest BCUT2D eigenvalue weighted by atomic mass is 32.2. The molecule has 0 amide bonds. The number of anilines is 1. The molecule has 0 aromatic carbocycles. The predicted molar refractivity (Wildman–Crippen MR) is 74.3 cm³/mol. The molecule has 2 aromatic rings. The fourth-order valence-corrected chi connectivity index (χ4v) is 2.40.